The van der Waals surface area contributed by atoms with Gasteiger partial charge in [-0.05, 0) is 54.7 Å². The zero-order chi connectivity index (χ0) is 18.8. The molecule has 3 aromatic rings. The van der Waals surface area contributed by atoms with Crippen LogP contribution in [0.15, 0.2) is 42.5 Å². The fourth-order valence-electron chi connectivity index (χ4n) is 2.83. The normalized spacial score (nSPS) is 12.3. The van der Waals surface area contributed by atoms with Crippen molar-refractivity contribution in [3.8, 4) is 5.69 Å². The minimum Gasteiger partial charge on any atom is -0.296 e. The van der Waals surface area contributed by atoms with Crippen LogP contribution in [0.2, 0.25) is 5.02 Å². The second kappa shape index (κ2) is 7.19. The van der Waals surface area contributed by atoms with Gasteiger partial charge in [-0.1, -0.05) is 29.8 Å². The molecule has 134 valence electrons. The standard InChI is InChI=1S/C17H17ClN6O2/c1-11-7-8-13(18)10-15(11)23-17(19-20-21-23)16(22(2)3)12-5-4-6-14(9-12)24(25)26/h4-10,16H,1-3H3. The monoisotopic (exact) mass is 372 g/mol. The Hall–Kier alpha value is -2.84. The molecule has 0 bridgehead atoms. The van der Waals surface area contributed by atoms with Gasteiger partial charge in [0.1, 0.15) is 0 Å². The van der Waals surface area contributed by atoms with Crippen LogP contribution in [0.4, 0.5) is 5.69 Å². The van der Waals surface area contributed by atoms with Gasteiger partial charge in [0, 0.05) is 17.2 Å². The summed E-state index contributed by atoms with van der Waals surface area (Å²) in [5, 5.41) is 23.8. The fourth-order valence-corrected chi connectivity index (χ4v) is 3.00. The van der Waals surface area contributed by atoms with Crippen molar-refractivity contribution in [2.45, 2.75) is 13.0 Å². The number of nitrogens with zero attached hydrogens (tertiary/aromatic N) is 6. The molecule has 1 atom stereocenters. The molecule has 1 unspecified atom stereocenters. The number of tetrazole rings is 1. The number of aromatic nitrogens is 4. The van der Waals surface area contributed by atoms with Crippen molar-refractivity contribution < 1.29 is 4.92 Å². The van der Waals surface area contributed by atoms with E-state index in [9.17, 15) is 10.1 Å². The molecule has 0 spiro atoms. The Bertz CT molecular complexity index is 956. The Morgan fingerprint density at radius 3 is 2.69 bits per heavy atom. The molecule has 0 aliphatic carbocycles. The molecule has 0 amide bonds. The van der Waals surface area contributed by atoms with Crippen LogP contribution >= 0.6 is 11.6 Å². The molecule has 1 heterocycles. The average molecular weight is 373 g/mol. The number of benzene rings is 2. The van der Waals surface area contributed by atoms with Gasteiger partial charge >= 0.3 is 0 Å². The topological polar surface area (TPSA) is 90.0 Å². The number of aryl methyl sites for hydroxylation is 1. The Morgan fingerprint density at radius 2 is 2.00 bits per heavy atom. The highest BCUT2D eigenvalue weighted by Gasteiger charge is 2.26. The first-order valence-electron chi connectivity index (χ1n) is 7.84. The van der Waals surface area contributed by atoms with Crippen molar-refractivity contribution in [2.24, 2.45) is 0 Å². The molecule has 0 aliphatic heterocycles. The van der Waals surface area contributed by atoms with Crippen LogP contribution in [-0.2, 0) is 0 Å². The van der Waals surface area contributed by atoms with Gasteiger partial charge in [-0.2, -0.15) is 4.68 Å². The van der Waals surface area contributed by atoms with E-state index in [-0.39, 0.29) is 11.7 Å². The van der Waals surface area contributed by atoms with E-state index in [1.54, 1.807) is 22.9 Å². The number of nitro benzene ring substituents is 1. The summed E-state index contributed by atoms with van der Waals surface area (Å²) in [6.07, 6.45) is 0. The summed E-state index contributed by atoms with van der Waals surface area (Å²) >= 11 is 6.13. The number of hydrogen-bond acceptors (Lipinski definition) is 6. The lowest BCUT2D eigenvalue weighted by Crippen LogP contribution is -2.25. The van der Waals surface area contributed by atoms with Gasteiger partial charge in [-0.25, -0.2) is 0 Å². The van der Waals surface area contributed by atoms with Crippen molar-refractivity contribution >= 4 is 17.3 Å². The number of hydrogen-bond donors (Lipinski definition) is 0. The van der Waals surface area contributed by atoms with E-state index in [0.717, 1.165) is 16.8 Å². The van der Waals surface area contributed by atoms with E-state index < -0.39 is 4.92 Å². The average Bonchev–Trinajstić information content (AvgIpc) is 3.06. The van der Waals surface area contributed by atoms with Gasteiger partial charge < -0.3 is 0 Å². The maximum atomic E-state index is 11.1. The van der Waals surface area contributed by atoms with Gasteiger partial charge in [0.05, 0.1) is 16.7 Å². The highest BCUT2D eigenvalue weighted by Crippen LogP contribution is 2.29. The minimum atomic E-state index is -0.416. The third-order valence-corrected chi connectivity index (χ3v) is 4.29. The molecule has 0 saturated heterocycles. The lowest BCUT2D eigenvalue weighted by molar-refractivity contribution is -0.384. The van der Waals surface area contributed by atoms with Gasteiger partial charge in [0.25, 0.3) is 5.69 Å². The zero-order valence-corrected chi connectivity index (χ0v) is 15.3. The summed E-state index contributed by atoms with van der Waals surface area (Å²) in [4.78, 5) is 12.6. The first-order valence-corrected chi connectivity index (χ1v) is 8.22. The van der Waals surface area contributed by atoms with Crippen LogP contribution in [0, 0.1) is 17.0 Å². The summed E-state index contributed by atoms with van der Waals surface area (Å²) in [5.74, 6) is 0.542. The van der Waals surface area contributed by atoms with E-state index >= 15 is 0 Å². The Balaban J connectivity index is 2.14. The van der Waals surface area contributed by atoms with E-state index in [2.05, 4.69) is 15.5 Å². The quantitative estimate of drug-likeness (QED) is 0.504. The van der Waals surface area contributed by atoms with Gasteiger partial charge in [-0.3, -0.25) is 15.0 Å². The number of halogens is 1. The molecule has 0 aliphatic rings. The predicted octanol–water partition coefficient (Wildman–Crippen LogP) is 3.18. The highest BCUT2D eigenvalue weighted by atomic mass is 35.5. The summed E-state index contributed by atoms with van der Waals surface area (Å²) in [6, 6.07) is 11.6. The maximum absolute atomic E-state index is 11.1. The van der Waals surface area contributed by atoms with Crippen LogP contribution < -0.4 is 0 Å². The van der Waals surface area contributed by atoms with Crippen LogP contribution in [0.3, 0.4) is 0 Å². The predicted molar refractivity (Wildman–Crippen MR) is 97.5 cm³/mol. The van der Waals surface area contributed by atoms with Crippen LogP contribution in [0.25, 0.3) is 5.69 Å². The summed E-state index contributed by atoms with van der Waals surface area (Å²) < 4.78 is 1.62. The third-order valence-electron chi connectivity index (χ3n) is 4.05. The molecule has 0 saturated carbocycles. The molecular formula is C17H17ClN6O2. The van der Waals surface area contributed by atoms with E-state index in [1.807, 2.05) is 38.1 Å². The second-order valence-electron chi connectivity index (χ2n) is 6.10. The Kier molecular flexibility index (Phi) is 4.97. The molecule has 8 nitrogen and oxygen atoms in total. The van der Waals surface area contributed by atoms with Crippen molar-refractivity contribution in [1.29, 1.82) is 0 Å². The number of nitro groups is 1. The first-order chi connectivity index (χ1) is 12.4. The molecule has 0 radical (unpaired) electrons. The molecule has 1 aromatic heterocycles. The molecule has 26 heavy (non-hydrogen) atoms. The third kappa shape index (κ3) is 3.42. The SMILES string of the molecule is Cc1ccc(Cl)cc1-n1nnnc1C(c1cccc([N+](=O)[O-])c1)N(C)C. The van der Waals surface area contributed by atoms with Crippen molar-refractivity contribution in [1.82, 2.24) is 25.1 Å². The van der Waals surface area contributed by atoms with E-state index in [1.165, 1.54) is 12.1 Å². The fraction of sp³-hybridized carbons (Fsp3) is 0.235. The minimum absolute atomic E-state index is 0.0207. The number of rotatable bonds is 5. The van der Waals surface area contributed by atoms with Crippen LogP contribution in [0.5, 0.6) is 0 Å². The Morgan fingerprint density at radius 1 is 1.23 bits per heavy atom. The highest BCUT2D eigenvalue weighted by molar-refractivity contribution is 6.30. The van der Waals surface area contributed by atoms with E-state index in [0.29, 0.717) is 10.8 Å². The smallest absolute Gasteiger partial charge is 0.269 e. The molecule has 2 aromatic carbocycles. The van der Waals surface area contributed by atoms with Crippen LogP contribution in [0.1, 0.15) is 23.0 Å². The van der Waals surface area contributed by atoms with E-state index in [4.69, 9.17) is 11.6 Å². The lowest BCUT2D eigenvalue weighted by atomic mass is 10.0. The summed E-state index contributed by atoms with van der Waals surface area (Å²) in [5.41, 5.74) is 2.46. The summed E-state index contributed by atoms with van der Waals surface area (Å²) in [7, 11) is 3.74. The van der Waals surface area contributed by atoms with Crippen molar-refractivity contribution in [2.75, 3.05) is 14.1 Å². The van der Waals surface area contributed by atoms with Gasteiger partial charge in [0.2, 0.25) is 0 Å². The second-order valence-corrected chi connectivity index (χ2v) is 6.53. The van der Waals surface area contributed by atoms with Gasteiger partial charge in [0.15, 0.2) is 5.82 Å². The van der Waals surface area contributed by atoms with Crippen molar-refractivity contribution in [3.05, 3.63) is 74.6 Å². The maximum Gasteiger partial charge on any atom is 0.269 e. The van der Waals surface area contributed by atoms with Gasteiger partial charge in [-0.15, -0.1) is 5.10 Å². The summed E-state index contributed by atoms with van der Waals surface area (Å²) in [6.45, 7) is 1.94. The molecule has 9 heteroatoms. The zero-order valence-electron chi connectivity index (χ0n) is 14.5. The van der Waals surface area contributed by atoms with Crippen molar-refractivity contribution in [3.63, 3.8) is 0 Å². The first kappa shape index (κ1) is 18.0. The molecule has 0 fully saturated rings. The molecular weight excluding hydrogens is 356 g/mol. The molecule has 0 N–H and O–H groups in total. The Labute approximate surface area is 155 Å². The largest absolute Gasteiger partial charge is 0.296 e. The molecule has 3 rings (SSSR count). The lowest BCUT2D eigenvalue weighted by Gasteiger charge is -2.24. The van der Waals surface area contributed by atoms with Crippen LogP contribution in [-0.4, -0.2) is 44.1 Å². The number of non-ortho nitro benzene ring substituents is 1.